The quantitative estimate of drug-likeness (QED) is 0.618. The fourth-order valence-corrected chi connectivity index (χ4v) is 2.70. The van der Waals surface area contributed by atoms with E-state index in [1.165, 1.54) is 17.3 Å². The Kier molecular flexibility index (Phi) is 7.58. The number of ether oxygens (including phenoxy) is 1. The van der Waals surface area contributed by atoms with Crippen molar-refractivity contribution in [3.63, 3.8) is 0 Å². The number of imide groups is 1. The molecule has 0 unspecified atom stereocenters. The number of urea groups is 1. The highest BCUT2D eigenvalue weighted by Gasteiger charge is 2.15. The lowest BCUT2D eigenvalue weighted by molar-refractivity contribution is -0.117. The maximum atomic E-state index is 11.8. The van der Waals surface area contributed by atoms with E-state index < -0.39 is 6.03 Å². The van der Waals surface area contributed by atoms with Crippen LogP contribution in [-0.2, 0) is 14.9 Å². The van der Waals surface area contributed by atoms with Crippen LogP contribution in [0.4, 0.5) is 4.79 Å². The van der Waals surface area contributed by atoms with Crippen LogP contribution in [0.25, 0.3) is 0 Å². The molecule has 6 heteroatoms. The van der Waals surface area contributed by atoms with Crippen LogP contribution in [0.1, 0.15) is 31.9 Å². The second-order valence-electron chi connectivity index (χ2n) is 6.32. The van der Waals surface area contributed by atoms with Crippen molar-refractivity contribution in [2.45, 2.75) is 38.0 Å². The van der Waals surface area contributed by atoms with Gasteiger partial charge in [0.25, 0.3) is 0 Å². The maximum absolute atomic E-state index is 11.8. The van der Waals surface area contributed by atoms with Gasteiger partial charge in [0.15, 0.2) is 0 Å². The first-order chi connectivity index (χ1) is 10.7. The minimum Gasteiger partial charge on any atom is -0.383 e. The largest absolute Gasteiger partial charge is 0.383 e. The molecule has 128 valence electrons. The number of hydrogen-bond donors (Lipinski definition) is 2. The van der Waals surface area contributed by atoms with Gasteiger partial charge in [0.1, 0.15) is 0 Å². The average Bonchev–Trinajstić information content (AvgIpc) is 2.45. The number of nitrogens with one attached hydrogen (secondary N) is 2. The summed E-state index contributed by atoms with van der Waals surface area (Å²) in [6.07, 6.45) is 0. The minimum atomic E-state index is -0.493. The van der Waals surface area contributed by atoms with E-state index in [0.717, 1.165) is 10.5 Å². The topological polar surface area (TPSA) is 67.4 Å². The second kappa shape index (κ2) is 8.93. The highest BCUT2D eigenvalue weighted by molar-refractivity contribution is 8.00. The van der Waals surface area contributed by atoms with E-state index in [4.69, 9.17) is 4.74 Å². The molecule has 0 aliphatic heterocycles. The van der Waals surface area contributed by atoms with Gasteiger partial charge in [-0.25, -0.2) is 4.79 Å². The molecule has 1 aromatic carbocycles. The Hall–Kier alpha value is -1.53. The zero-order valence-electron chi connectivity index (χ0n) is 14.5. The van der Waals surface area contributed by atoms with Gasteiger partial charge in [0.05, 0.1) is 12.4 Å². The third-order valence-electron chi connectivity index (χ3n) is 3.26. The highest BCUT2D eigenvalue weighted by Crippen LogP contribution is 2.29. The van der Waals surface area contributed by atoms with Gasteiger partial charge in [-0.2, -0.15) is 0 Å². The van der Waals surface area contributed by atoms with Crippen molar-refractivity contribution in [3.05, 3.63) is 29.3 Å². The molecule has 0 aliphatic carbocycles. The Bertz CT molecular complexity index is 553. The van der Waals surface area contributed by atoms with Gasteiger partial charge in [-0.1, -0.05) is 32.9 Å². The zero-order chi connectivity index (χ0) is 17.5. The number of thioether (sulfide) groups is 1. The van der Waals surface area contributed by atoms with Crippen molar-refractivity contribution >= 4 is 23.7 Å². The number of benzene rings is 1. The van der Waals surface area contributed by atoms with Gasteiger partial charge in [-0.15, -0.1) is 11.8 Å². The van der Waals surface area contributed by atoms with Crippen LogP contribution < -0.4 is 10.6 Å². The highest BCUT2D eigenvalue weighted by atomic mass is 32.2. The molecular formula is C17H26N2O3S. The van der Waals surface area contributed by atoms with Crippen molar-refractivity contribution < 1.29 is 14.3 Å². The average molecular weight is 338 g/mol. The molecule has 0 atom stereocenters. The van der Waals surface area contributed by atoms with Crippen LogP contribution in [0, 0.1) is 6.92 Å². The summed E-state index contributed by atoms with van der Waals surface area (Å²) in [6, 6.07) is 5.81. The van der Waals surface area contributed by atoms with E-state index in [1.54, 1.807) is 7.11 Å². The predicted octanol–water partition coefficient (Wildman–Crippen LogP) is 2.86. The molecule has 0 radical (unpaired) electrons. The van der Waals surface area contributed by atoms with Crippen LogP contribution in [0.5, 0.6) is 0 Å². The first kappa shape index (κ1) is 19.5. The summed E-state index contributed by atoms with van der Waals surface area (Å²) in [6.45, 7) is 9.27. The lowest BCUT2D eigenvalue weighted by Gasteiger charge is -2.20. The molecule has 0 saturated heterocycles. The molecule has 5 nitrogen and oxygen atoms in total. The maximum Gasteiger partial charge on any atom is 0.321 e. The van der Waals surface area contributed by atoms with Crippen LogP contribution in [0.2, 0.25) is 0 Å². The molecule has 0 aliphatic rings. The third-order valence-corrected chi connectivity index (χ3v) is 4.41. The molecule has 1 rings (SSSR count). The van der Waals surface area contributed by atoms with E-state index >= 15 is 0 Å². The molecule has 0 fully saturated rings. The van der Waals surface area contributed by atoms with Crippen molar-refractivity contribution in [2.75, 3.05) is 26.0 Å². The predicted molar refractivity (Wildman–Crippen MR) is 94.0 cm³/mol. The van der Waals surface area contributed by atoms with Gasteiger partial charge in [0, 0.05) is 18.6 Å². The molecule has 0 aromatic heterocycles. The van der Waals surface area contributed by atoms with Gasteiger partial charge < -0.3 is 10.1 Å². The monoisotopic (exact) mass is 338 g/mol. The van der Waals surface area contributed by atoms with E-state index in [0.29, 0.717) is 13.2 Å². The first-order valence-corrected chi connectivity index (χ1v) is 8.53. The smallest absolute Gasteiger partial charge is 0.321 e. The zero-order valence-corrected chi connectivity index (χ0v) is 15.3. The van der Waals surface area contributed by atoms with Gasteiger partial charge in [-0.05, 0) is 29.5 Å². The number of carbonyl (C=O) groups excluding carboxylic acids is 2. The number of hydrogen-bond acceptors (Lipinski definition) is 4. The Morgan fingerprint density at radius 3 is 2.57 bits per heavy atom. The summed E-state index contributed by atoms with van der Waals surface area (Å²) in [5.74, 6) is -0.114. The van der Waals surface area contributed by atoms with Crippen LogP contribution in [0.3, 0.4) is 0 Å². The summed E-state index contributed by atoms with van der Waals surface area (Å²) in [5, 5.41) is 4.86. The summed E-state index contributed by atoms with van der Waals surface area (Å²) < 4.78 is 4.82. The molecule has 1 aromatic rings. The summed E-state index contributed by atoms with van der Waals surface area (Å²) in [4.78, 5) is 24.4. The Labute approximate surface area is 142 Å². The molecule has 0 bridgehead atoms. The van der Waals surface area contributed by atoms with Gasteiger partial charge >= 0.3 is 6.03 Å². The normalized spacial score (nSPS) is 11.2. The molecule has 23 heavy (non-hydrogen) atoms. The summed E-state index contributed by atoms with van der Waals surface area (Å²) >= 11 is 1.44. The molecular weight excluding hydrogens is 312 g/mol. The van der Waals surface area contributed by atoms with Crippen LogP contribution >= 0.6 is 11.8 Å². The van der Waals surface area contributed by atoms with Crippen molar-refractivity contribution in [1.82, 2.24) is 10.6 Å². The first-order valence-electron chi connectivity index (χ1n) is 7.54. The number of carbonyl (C=O) groups is 2. The van der Waals surface area contributed by atoms with Gasteiger partial charge in [-0.3, -0.25) is 10.1 Å². The van der Waals surface area contributed by atoms with Gasteiger partial charge in [0.2, 0.25) is 5.91 Å². The van der Waals surface area contributed by atoms with Crippen LogP contribution in [0.15, 0.2) is 23.1 Å². The fourth-order valence-electron chi connectivity index (χ4n) is 1.84. The number of amides is 3. The number of methoxy groups -OCH3 is 1. The van der Waals surface area contributed by atoms with Crippen LogP contribution in [-0.4, -0.2) is 38.0 Å². The minimum absolute atomic E-state index is 0.0620. The molecule has 2 N–H and O–H groups in total. The molecule has 3 amide bonds. The molecule has 0 spiro atoms. The van der Waals surface area contributed by atoms with E-state index in [2.05, 4.69) is 49.6 Å². The van der Waals surface area contributed by atoms with E-state index in [1.807, 2.05) is 6.92 Å². The second-order valence-corrected chi connectivity index (χ2v) is 7.33. The van der Waals surface area contributed by atoms with Crippen molar-refractivity contribution in [3.8, 4) is 0 Å². The van der Waals surface area contributed by atoms with Crippen molar-refractivity contribution in [1.29, 1.82) is 0 Å². The van der Waals surface area contributed by atoms with E-state index in [-0.39, 0.29) is 17.1 Å². The lowest BCUT2D eigenvalue weighted by Crippen LogP contribution is -2.41. The summed E-state index contributed by atoms with van der Waals surface area (Å²) in [5.41, 5.74) is 2.41. The number of aryl methyl sites for hydroxylation is 1. The standard InChI is InChI=1S/C17H26N2O3S/c1-12-6-7-13(17(2,3)4)10-14(12)23-11-15(20)19-16(21)18-8-9-22-5/h6-7,10H,8-9,11H2,1-5H3,(H2,18,19,20,21). The lowest BCUT2D eigenvalue weighted by atomic mass is 9.87. The Morgan fingerprint density at radius 2 is 1.96 bits per heavy atom. The van der Waals surface area contributed by atoms with E-state index in [9.17, 15) is 9.59 Å². The molecule has 0 saturated carbocycles. The Morgan fingerprint density at radius 1 is 1.26 bits per heavy atom. The SMILES string of the molecule is COCCNC(=O)NC(=O)CSc1cc(C(C)(C)C)ccc1C. The number of rotatable bonds is 6. The van der Waals surface area contributed by atoms with Crippen molar-refractivity contribution in [2.24, 2.45) is 0 Å². The third kappa shape index (κ3) is 7.05. The molecule has 0 heterocycles. The summed E-state index contributed by atoms with van der Waals surface area (Å²) in [7, 11) is 1.55. The fraction of sp³-hybridized carbons (Fsp3) is 0.529. The Balaban J connectivity index is 2.54.